The van der Waals surface area contributed by atoms with Gasteiger partial charge in [0.15, 0.2) is 0 Å². The summed E-state index contributed by atoms with van der Waals surface area (Å²) in [6.07, 6.45) is 3.83. The van der Waals surface area contributed by atoms with Crippen LogP contribution in [0.25, 0.3) is 88.6 Å². The van der Waals surface area contributed by atoms with Crippen LogP contribution in [0.5, 0.6) is 0 Å². The molecule has 0 atom stereocenters. The first kappa shape index (κ1) is 39.5. The molecule has 5 heterocycles. The Bertz CT molecular complexity index is 3120. The van der Waals surface area contributed by atoms with Gasteiger partial charge in [0, 0.05) is 59.9 Å². The van der Waals surface area contributed by atoms with E-state index in [9.17, 15) is 0 Å². The molecule has 10 rings (SSSR count). The van der Waals surface area contributed by atoms with E-state index in [4.69, 9.17) is 19.4 Å². The molecule has 59 heavy (non-hydrogen) atoms. The summed E-state index contributed by atoms with van der Waals surface area (Å²) < 4.78 is 6.59. The number of hydrogen-bond donors (Lipinski definition) is 0. The molecule has 291 valence electrons. The Labute approximate surface area is 358 Å². The van der Waals surface area contributed by atoms with Crippen molar-refractivity contribution in [3.8, 4) is 44.9 Å². The average molecular weight is 943 g/mol. The molecule has 0 aliphatic carbocycles. The van der Waals surface area contributed by atoms with E-state index in [0.717, 1.165) is 88.8 Å². The van der Waals surface area contributed by atoms with E-state index < -0.39 is 0 Å². The molecule has 0 saturated carbocycles. The third-order valence-corrected chi connectivity index (χ3v) is 11.0. The van der Waals surface area contributed by atoms with Crippen molar-refractivity contribution in [2.75, 3.05) is 0 Å². The summed E-state index contributed by atoms with van der Waals surface area (Å²) in [6.45, 7) is 14.7. The second-order valence-electron chi connectivity index (χ2n) is 15.4. The minimum absolute atomic E-state index is 0. The van der Waals surface area contributed by atoms with Gasteiger partial charge in [0.05, 0.1) is 16.8 Å². The second kappa shape index (κ2) is 16.1. The molecule has 0 fully saturated rings. The fourth-order valence-corrected chi connectivity index (χ4v) is 7.83. The summed E-state index contributed by atoms with van der Waals surface area (Å²) in [5.74, 6) is 0. The Kier molecular flexibility index (Phi) is 10.8. The first-order valence-corrected chi connectivity index (χ1v) is 19.6. The fraction of sp³-hybridized carbons (Fsp3) is 0.132. The number of furan rings is 1. The predicted molar refractivity (Wildman–Crippen MR) is 239 cm³/mol. The van der Waals surface area contributed by atoms with Gasteiger partial charge in [-0.05, 0) is 116 Å². The van der Waals surface area contributed by atoms with Crippen LogP contribution < -0.4 is 0 Å². The van der Waals surface area contributed by atoms with Crippen LogP contribution in [0.3, 0.4) is 0 Å². The minimum Gasteiger partial charge on any atom is -0.498 e. The summed E-state index contributed by atoms with van der Waals surface area (Å²) in [5, 5.41) is 4.26. The number of aryl methyl sites for hydroxylation is 7. The number of aromatic nitrogens is 4. The maximum Gasteiger partial charge on any atom is 0.147 e. The molecule has 0 N–H and O–H groups in total. The van der Waals surface area contributed by atoms with Gasteiger partial charge in [0.2, 0.25) is 0 Å². The zero-order valence-corrected chi connectivity index (χ0v) is 36.5. The van der Waals surface area contributed by atoms with Crippen molar-refractivity contribution in [1.29, 1.82) is 0 Å². The smallest absolute Gasteiger partial charge is 0.147 e. The Morgan fingerprint density at radius 3 is 2.00 bits per heavy atom. The number of nitrogens with zero attached hydrogens (tertiary/aromatic N) is 4. The van der Waals surface area contributed by atoms with Gasteiger partial charge in [0.1, 0.15) is 11.1 Å². The largest absolute Gasteiger partial charge is 0.498 e. The van der Waals surface area contributed by atoms with Crippen LogP contribution >= 0.6 is 0 Å². The van der Waals surface area contributed by atoms with Gasteiger partial charge in [-0.3, -0.25) is 0 Å². The van der Waals surface area contributed by atoms with Crippen molar-refractivity contribution in [1.82, 2.24) is 19.9 Å². The molecule has 10 aromatic rings. The van der Waals surface area contributed by atoms with Gasteiger partial charge in [-0.1, -0.05) is 78.5 Å². The van der Waals surface area contributed by atoms with Crippen molar-refractivity contribution in [3.05, 3.63) is 179 Å². The molecule has 5 aromatic carbocycles. The second-order valence-corrected chi connectivity index (χ2v) is 15.4. The van der Waals surface area contributed by atoms with Crippen LogP contribution in [0.15, 0.2) is 132 Å². The predicted octanol–water partition coefficient (Wildman–Crippen LogP) is 13.6. The number of rotatable bonds is 4. The topological polar surface area (TPSA) is 64.7 Å². The standard InChI is InChI=1S/C40H30N3O.C13H12N.Ir/c1-22-8-6-9-23(2)37(22)34-17-15-28-19-32(24(3)18-35(28)43-34)33-20-36(41-21-25(33)4)31-11-7-10-29-30-16-14-27-13-12-26(5)42-38(27)40(30)44-39(29)31;1-10-3-6-12(7-4-10)13-8-5-11(2)9-14-13;/h6-10,12-21H,1-5H3;3-6,8-9H,1-2H3;/q2*-1;. The van der Waals surface area contributed by atoms with E-state index in [1.165, 1.54) is 38.9 Å². The van der Waals surface area contributed by atoms with Crippen LogP contribution in [-0.2, 0) is 20.1 Å². The van der Waals surface area contributed by atoms with Gasteiger partial charge < -0.3 is 14.4 Å². The summed E-state index contributed by atoms with van der Waals surface area (Å²) >= 11 is 0. The number of hydrogen-bond acceptors (Lipinski definition) is 5. The quantitative estimate of drug-likeness (QED) is 0.165. The third kappa shape index (κ3) is 7.58. The molecular formula is C53H42IrN4O-2. The molecule has 5 nitrogen and oxygen atoms in total. The first-order chi connectivity index (χ1) is 28.1. The van der Waals surface area contributed by atoms with Crippen LogP contribution in [0.4, 0.5) is 0 Å². The first-order valence-electron chi connectivity index (χ1n) is 19.6. The molecule has 1 radical (unpaired) electrons. The average Bonchev–Trinajstić information content (AvgIpc) is 3.61. The maximum atomic E-state index is 6.59. The number of pyridine rings is 4. The Morgan fingerprint density at radius 1 is 0.525 bits per heavy atom. The van der Waals surface area contributed by atoms with E-state index >= 15 is 0 Å². The van der Waals surface area contributed by atoms with Crippen LogP contribution in [0, 0.1) is 60.6 Å². The van der Waals surface area contributed by atoms with Gasteiger partial charge >= 0.3 is 0 Å². The van der Waals surface area contributed by atoms with E-state index in [1.54, 1.807) is 0 Å². The Morgan fingerprint density at radius 2 is 1.24 bits per heavy atom. The van der Waals surface area contributed by atoms with Gasteiger partial charge in [-0.15, -0.1) is 53.6 Å². The van der Waals surface area contributed by atoms with E-state index in [2.05, 4.69) is 137 Å². The van der Waals surface area contributed by atoms with Gasteiger partial charge in [0.25, 0.3) is 0 Å². The molecule has 0 unspecified atom stereocenters. The zero-order chi connectivity index (χ0) is 40.1. The summed E-state index contributed by atoms with van der Waals surface area (Å²) in [5.41, 5.74) is 19.8. The fourth-order valence-electron chi connectivity index (χ4n) is 7.83. The normalized spacial score (nSPS) is 11.2. The molecule has 0 bridgehead atoms. The monoisotopic (exact) mass is 943 g/mol. The van der Waals surface area contributed by atoms with Gasteiger partial charge in [-0.25, -0.2) is 9.97 Å². The van der Waals surface area contributed by atoms with Crippen molar-refractivity contribution < 1.29 is 24.5 Å². The maximum absolute atomic E-state index is 6.59. The zero-order valence-electron chi connectivity index (χ0n) is 34.2. The molecule has 0 spiro atoms. The molecule has 0 aliphatic heterocycles. The minimum atomic E-state index is 0. The molecular weight excluding hydrogens is 901 g/mol. The van der Waals surface area contributed by atoms with Crippen molar-refractivity contribution >= 4 is 43.7 Å². The molecule has 0 saturated heterocycles. The van der Waals surface area contributed by atoms with Crippen molar-refractivity contribution in [2.45, 2.75) is 48.5 Å². The molecule has 6 heteroatoms. The van der Waals surface area contributed by atoms with Crippen LogP contribution in [0.1, 0.15) is 39.1 Å². The summed E-state index contributed by atoms with van der Waals surface area (Å²) in [6, 6.07) is 46.6. The Hall–Kier alpha value is -6.33. The summed E-state index contributed by atoms with van der Waals surface area (Å²) in [4.78, 5) is 19.1. The third-order valence-electron chi connectivity index (χ3n) is 11.0. The van der Waals surface area contributed by atoms with Crippen molar-refractivity contribution in [2.24, 2.45) is 0 Å². The molecule has 0 amide bonds. The van der Waals surface area contributed by atoms with Crippen LogP contribution in [-0.4, -0.2) is 19.9 Å². The SMILES string of the molecule is Cc1c[c-]c(-c2ccc(C)cn2)cc1.Cc1ccc2ccc3c4cc[c-]c(-c5cc(-c6cc7ccc(-c8c(C)cccc8C)nc7cc6C)c(C)cn5)c4oc3c2n1.[Ir]. The van der Waals surface area contributed by atoms with E-state index in [1.807, 2.05) is 56.6 Å². The molecule has 5 aromatic heterocycles. The molecule has 0 aliphatic rings. The van der Waals surface area contributed by atoms with Crippen molar-refractivity contribution in [3.63, 3.8) is 0 Å². The Balaban J connectivity index is 0.000000274. The summed E-state index contributed by atoms with van der Waals surface area (Å²) in [7, 11) is 0. The van der Waals surface area contributed by atoms with Crippen LogP contribution in [0.2, 0.25) is 0 Å². The van der Waals surface area contributed by atoms with E-state index in [0.29, 0.717) is 0 Å². The number of benzene rings is 5. The number of fused-ring (bicyclic) bond motifs is 6. The van der Waals surface area contributed by atoms with Gasteiger partial charge in [-0.2, -0.15) is 0 Å². The van der Waals surface area contributed by atoms with E-state index in [-0.39, 0.29) is 20.1 Å².